The van der Waals surface area contributed by atoms with E-state index >= 15 is 0 Å². The second kappa shape index (κ2) is 5.92. The standard InChI is InChI=1S/C14H20O3/c1-3-7-15-12-6-5-11(14-10-17-14)9-13(12)16-8-4-2/h5-6,9,14H,3-4,7-8,10H2,1-2H3/t14-/m1/s1. The van der Waals surface area contributed by atoms with E-state index in [4.69, 9.17) is 14.2 Å². The van der Waals surface area contributed by atoms with E-state index in [2.05, 4.69) is 19.9 Å². The molecule has 0 N–H and O–H groups in total. The van der Waals surface area contributed by atoms with Crippen LogP contribution in [0.4, 0.5) is 0 Å². The molecule has 17 heavy (non-hydrogen) atoms. The zero-order valence-corrected chi connectivity index (χ0v) is 10.6. The van der Waals surface area contributed by atoms with E-state index in [1.807, 2.05) is 12.1 Å². The molecule has 1 aliphatic rings. The zero-order valence-electron chi connectivity index (χ0n) is 10.6. The molecule has 1 aromatic rings. The predicted molar refractivity (Wildman–Crippen MR) is 66.7 cm³/mol. The average Bonchev–Trinajstić information content (AvgIpc) is 3.18. The molecule has 0 aromatic heterocycles. The van der Waals surface area contributed by atoms with Gasteiger partial charge < -0.3 is 14.2 Å². The van der Waals surface area contributed by atoms with Crippen molar-refractivity contribution in [2.45, 2.75) is 32.8 Å². The van der Waals surface area contributed by atoms with Gasteiger partial charge >= 0.3 is 0 Å². The van der Waals surface area contributed by atoms with Crippen molar-refractivity contribution in [2.75, 3.05) is 19.8 Å². The Morgan fingerprint density at radius 2 is 1.76 bits per heavy atom. The van der Waals surface area contributed by atoms with Crippen LogP contribution >= 0.6 is 0 Å². The van der Waals surface area contributed by atoms with Crippen molar-refractivity contribution in [3.05, 3.63) is 23.8 Å². The summed E-state index contributed by atoms with van der Waals surface area (Å²) >= 11 is 0. The fourth-order valence-corrected chi connectivity index (χ4v) is 1.62. The molecule has 1 saturated heterocycles. The first-order valence-corrected chi connectivity index (χ1v) is 6.36. The lowest BCUT2D eigenvalue weighted by Gasteiger charge is -2.13. The smallest absolute Gasteiger partial charge is 0.161 e. The first-order valence-electron chi connectivity index (χ1n) is 6.36. The maximum Gasteiger partial charge on any atom is 0.161 e. The van der Waals surface area contributed by atoms with Crippen LogP contribution < -0.4 is 9.47 Å². The quantitative estimate of drug-likeness (QED) is 0.680. The first kappa shape index (κ1) is 12.2. The van der Waals surface area contributed by atoms with Crippen LogP contribution in [0, 0.1) is 0 Å². The van der Waals surface area contributed by atoms with E-state index in [1.54, 1.807) is 0 Å². The number of epoxide rings is 1. The molecule has 0 spiro atoms. The van der Waals surface area contributed by atoms with E-state index < -0.39 is 0 Å². The predicted octanol–water partition coefficient (Wildman–Crippen LogP) is 3.34. The summed E-state index contributed by atoms with van der Waals surface area (Å²) in [6.07, 6.45) is 2.26. The third-order valence-electron chi connectivity index (χ3n) is 2.60. The molecule has 0 unspecified atom stereocenters. The molecule has 0 radical (unpaired) electrons. The van der Waals surface area contributed by atoms with Crippen LogP contribution in [0.2, 0.25) is 0 Å². The van der Waals surface area contributed by atoms with Crippen molar-refractivity contribution < 1.29 is 14.2 Å². The second-order valence-electron chi connectivity index (χ2n) is 4.23. The molecule has 1 heterocycles. The molecule has 1 atom stereocenters. The zero-order chi connectivity index (χ0) is 12.1. The Hall–Kier alpha value is -1.22. The molecule has 1 fully saturated rings. The van der Waals surface area contributed by atoms with E-state index in [0.29, 0.717) is 0 Å². The van der Waals surface area contributed by atoms with Gasteiger partial charge in [0.1, 0.15) is 6.10 Å². The van der Waals surface area contributed by atoms with Gasteiger partial charge in [-0.2, -0.15) is 0 Å². The first-order chi connectivity index (χ1) is 8.35. The highest BCUT2D eigenvalue weighted by atomic mass is 16.6. The fourth-order valence-electron chi connectivity index (χ4n) is 1.62. The van der Waals surface area contributed by atoms with Crippen molar-refractivity contribution in [1.82, 2.24) is 0 Å². The van der Waals surface area contributed by atoms with Crippen LogP contribution in [0.1, 0.15) is 38.4 Å². The minimum absolute atomic E-state index is 0.263. The van der Waals surface area contributed by atoms with Gasteiger partial charge in [-0.3, -0.25) is 0 Å². The average molecular weight is 236 g/mol. The summed E-state index contributed by atoms with van der Waals surface area (Å²) in [5, 5.41) is 0. The highest BCUT2D eigenvalue weighted by molar-refractivity contribution is 5.44. The van der Waals surface area contributed by atoms with Crippen molar-refractivity contribution in [2.24, 2.45) is 0 Å². The van der Waals surface area contributed by atoms with Gasteiger partial charge in [-0.25, -0.2) is 0 Å². The summed E-state index contributed by atoms with van der Waals surface area (Å²) in [6, 6.07) is 6.08. The lowest BCUT2D eigenvalue weighted by Crippen LogP contribution is -2.01. The lowest BCUT2D eigenvalue weighted by molar-refractivity contribution is 0.268. The van der Waals surface area contributed by atoms with Gasteiger partial charge in [0.2, 0.25) is 0 Å². The Kier molecular flexibility index (Phi) is 4.26. The molecular formula is C14H20O3. The molecule has 1 aromatic carbocycles. The number of hydrogen-bond donors (Lipinski definition) is 0. The number of benzene rings is 1. The topological polar surface area (TPSA) is 31.0 Å². The van der Waals surface area contributed by atoms with Crippen molar-refractivity contribution >= 4 is 0 Å². The molecule has 94 valence electrons. The van der Waals surface area contributed by atoms with Crippen molar-refractivity contribution in [3.8, 4) is 11.5 Å². The summed E-state index contributed by atoms with van der Waals surface area (Å²) in [6.45, 7) is 6.46. The van der Waals surface area contributed by atoms with Gasteiger partial charge in [0.15, 0.2) is 11.5 Å². The van der Waals surface area contributed by atoms with Crippen LogP contribution in [0.3, 0.4) is 0 Å². The van der Waals surface area contributed by atoms with E-state index in [1.165, 1.54) is 5.56 Å². The molecule has 3 heteroatoms. The monoisotopic (exact) mass is 236 g/mol. The lowest BCUT2D eigenvalue weighted by atomic mass is 10.1. The maximum atomic E-state index is 5.72. The summed E-state index contributed by atoms with van der Waals surface area (Å²) < 4.78 is 16.7. The van der Waals surface area contributed by atoms with Gasteiger partial charge in [-0.05, 0) is 30.5 Å². The van der Waals surface area contributed by atoms with Gasteiger partial charge in [-0.1, -0.05) is 19.9 Å². The Morgan fingerprint density at radius 3 is 2.35 bits per heavy atom. The number of rotatable bonds is 7. The van der Waals surface area contributed by atoms with Crippen LogP contribution in [0.25, 0.3) is 0 Å². The minimum atomic E-state index is 0.263. The maximum absolute atomic E-state index is 5.72. The molecule has 0 aliphatic carbocycles. The third-order valence-corrected chi connectivity index (χ3v) is 2.60. The van der Waals surface area contributed by atoms with Crippen molar-refractivity contribution in [3.63, 3.8) is 0 Å². The summed E-state index contributed by atoms with van der Waals surface area (Å²) in [7, 11) is 0. The van der Waals surface area contributed by atoms with Gasteiger partial charge in [0, 0.05) is 0 Å². The SMILES string of the molecule is CCCOc1ccc([C@H]2CO2)cc1OCCC. The molecule has 0 amide bonds. The molecular weight excluding hydrogens is 216 g/mol. The largest absolute Gasteiger partial charge is 0.490 e. The fraction of sp³-hybridized carbons (Fsp3) is 0.571. The van der Waals surface area contributed by atoms with Crippen LogP contribution in [0.5, 0.6) is 11.5 Å². The Balaban J connectivity index is 2.11. The molecule has 2 rings (SSSR count). The Morgan fingerprint density at radius 1 is 1.12 bits per heavy atom. The normalized spacial score (nSPS) is 17.9. The molecule has 3 nitrogen and oxygen atoms in total. The second-order valence-corrected chi connectivity index (χ2v) is 4.23. The highest BCUT2D eigenvalue weighted by Crippen LogP contribution is 2.36. The Labute approximate surface area is 103 Å². The molecule has 1 aliphatic heterocycles. The summed E-state index contributed by atoms with van der Waals surface area (Å²) in [5.74, 6) is 1.68. The van der Waals surface area contributed by atoms with Crippen molar-refractivity contribution in [1.29, 1.82) is 0 Å². The number of hydrogen-bond acceptors (Lipinski definition) is 3. The molecule has 0 saturated carbocycles. The van der Waals surface area contributed by atoms with Crippen LogP contribution in [-0.4, -0.2) is 19.8 Å². The van der Waals surface area contributed by atoms with E-state index in [9.17, 15) is 0 Å². The van der Waals surface area contributed by atoms with Gasteiger partial charge in [0.25, 0.3) is 0 Å². The molecule has 0 bridgehead atoms. The van der Waals surface area contributed by atoms with E-state index in [0.717, 1.165) is 44.2 Å². The summed E-state index contributed by atoms with van der Waals surface area (Å²) in [5.41, 5.74) is 1.18. The van der Waals surface area contributed by atoms with Gasteiger partial charge in [-0.15, -0.1) is 0 Å². The third kappa shape index (κ3) is 3.37. The highest BCUT2D eigenvalue weighted by Gasteiger charge is 2.25. The summed E-state index contributed by atoms with van der Waals surface area (Å²) in [4.78, 5) is 0. The van der Waals surface area contributed by atoms with Crippen LogP contribution in [0.15, 0.2) is 18.2 Å². The van der Waals surface area contributed by atoms with Crippen LogP contribution in [-0.2, 0) is 4.74 Å². The minimum Gasteiger partial charge on any atom is -0.490 e. The van der Waals surface area contributed by atoms with Gasteiger partial charge in [0.05, 0.1) is 19.8 Å². The van der Waals surface area contributed by atoms with E-state index in [-0.39, 0.29) is 6.10 Å². The number of ether oxygens (including phenoxy) is 3. The Bertz CT molecular complexity index is 358.